The second kappa shape index (κ2) is 16.9. The molecule has 1 atom stereocenters. The molecule has 0 fully saturated rings. The van der Waals surface area contributed by atoms with E-state index >= 15 is 0 Å². The zero-order valence-electron chi connectivity index (χ0n) is 20.0. The van der Waals surface area contributed by atoms with E-state index < -0.39 is 25.7 Å². The van der Waals surface area contributed by atoms with Crippen LogP contribution >= 0.6 is 7.60 Å². The van der Waals surface area contributed by atoms with Crippen molar-refractivity contribution in [3.05, 3.63) is 47.5 Å². The Morgan fingerprint density at radius 2 is 1.76 bits per heavy atom. The van der Waals surface area contributed by atoms with E-state index in [9.17, 15) is 18.9 Å². The van der Waals surface area contributed by atoms with Gasteiger partial charge in [-0.05, 0) is 38.7 Å². The number of esters is 1. The smallest absolute Gasteiger partial charge is 0.407 e. The number of carbonyl (C=O) groups excluding carboxylic acids is 3. The van der Waals surface area contributed by atoms with Crippen LogP contribution in [-0.4, -0.2) is 57.5 Å². The minimum Gasteiger partial charge on any atom is -0.467 e. The topological polar surface area (TPSA) is 129 Å². The molecule has 0 heterocycles. The Hall–Kier alpha value is -2.68. The molecule has 0 radical (unpaired) electrons. The number of benzene rings is 1. The molecule has 0 aliphatic heterocycles. The minimum absolute atomic E-state index is 0.0325. The molecule has 1 aromatic carbocycles. The first kappa shape index (κ1) is 29.4. The van der Waals surface area contributed by atoms with Gasteiger partial charge in [-0.2, -0.15) is 0 Å². The van der Waals surface area contributed by atoms with Crippen molar-refractivity contribution < 1.29 is 37.5 Å². The van der Waals surface area contributed by atoms with Gasteiger partial charge in [-0.15, -0.1) is 0 Å². The van der Waals surface area contributed by atoms with Crippen LogP contribution in [-0.2, 0) is 39.3 Å². The van der Waals surface area contributed by atoms with Crippen LogP contribution < -0.4 is 10.6 Å². The van der Waals surface area contributed by atoms with Crippen LogP contribution in [0.2, 0.25) is 0 Å². The van der Waals surface area contributed by atoms with E-state index in [2.05, 4.69) is 10.6 Å². The van der Waals surface area contributed by atoms with Gasteiger partial charge in [0.25, 0.3) is 0 Å². The molecule has 1 unspecified atom stereocenters. The summed E-state index contributed by atoms with van der Waals surface area (Å²) in [7, 11) is -2.21. The highest BCUT2D eigenvalue weighted by Gasteiger charge is 2.27. The number of ether oxygens (including phenoxy) is 2. The minimum atomic E-state index is -3.43. The lowest BCUT2D eigenvalue weighted by molar-refractivity contribution is -0.142. The molecule has 34 heavy (non-hydrogen) atoms. The monoisotopic (exact) mass is 498 g/mol. The first-order chi connectivity index (χ1) is 16.4. The fraction of sp³-hybridized carbons (Fsp3) is 0.522. The summed E-state index contributed by atoms with van der Waals surface area (Å²) in [5.41, 5.74) is 1.51. The van der Waals surface area contributed by atoms with Gasteiger partial charge >= 0.3 is 19.7 Å². The molecule has 0 spiro atoms. The quantitative estimate of drug-likeness (QED) is 0.110. The predicted molar refractivity (Wildman–Crippen MR) is 127 cm³/mol. The van der Waals surface area contributed by atoms with Gasteiger partial charge in [-0.25, -0.2) is 9.59 Å². The van der Waals surface area contributed by atoms with Crippen molar-refractivity contribution in [2.24, 2.45) is 0 Å². The number of carbonyl (C=O) groups is 3. The molecular weight excluding hydrogens is 463 g/mol. The molecule has 2 amide bonds. The SMILES string of the molecule is CCOP(=O)(CC(=CC(NC=O)C(=O)OC)CCCCNC(=O)OCc1ccccc1)OCC. The summed E-state index contributed by atoms with van der Waals surface area (Å²) in [5.74, 6) is -0.657. The molecule has 0 bridgehead atoms. The first-order valence-corrected chi connectivity index (χ1v) is 12.9. The second-order valence-corrected chi connectivity index (χ2v) is 9.21. The van der Waals surface area contributed by atoms with Crippen molar-refractivity contribution in [2.75, 3.05) is 33.0 Å². The Morgan fingerprint density at radius 3 is 2.35 bits per heavy atom. The highest BCUT2D eigenvalue weighted by Crippen LogP contribution is 2.50. The Balaban J connectivity index is 2.67. The lowest BCUT2D eigenvalue weighted by atomic mass is 10.1. The third kappa shape index (κ3) is 12.0. The van der Waals surface area contributed by atoms with E-state index in [0.717, 1.165) is 5.56 Å². The van der Waals surface area contributed by atoms with Gasteiger partial charge in [0.05, 0.1) is 26.5 Å². The molecule has 0 aliphatic rings. The van der Waals surface area contributed by atoms with Gasteiger partial charge in [0.15, 0.2) is 0 Å². The van der Waals surface area contributed by atoms with Crippen LogP contribution in [0, 0.1) is 0 Å². The van der Waals surface area contributed by atoms with Crippen LogP contribution in [0.15, 0.2) is 42.0 Å². The molecule has 0 aromatic heterocycles. The van der Waals surface area contributed by atoms with Crippen LogP contribution in [0.25, 0.3) is 0 Å². The van der Waals surface area contributed by atoms with Gasteiger partial charge in [0.1, 0.15) is 12.6 Å². The summed E-state index contributed by atoms with van der Waals surface area (Å²) in [6.07, 6.45) is 3.01. The Morgan fingerprint density at radius 1 is 1.09 bits per heavy atom. The second-order valence-electron chi connectivity index (χ2n) is 7.16. The van der Waals surface area contributed by atoms with Crippen LogP contribution in [0.3, 0.4) is 0 Å². The number of unbranched alkanes of at least 4 members (excludes halogenated alkanes) is 1. The Kier molecular flexibility index (Phi) is 14.6. The molecule has 0 aliphatic carbocycles. The van der Waals surface area contributed by atoms with Gasteiger partial charge < -0.3 is 29.2 Å². The summed E-state index contributed by atoms with van der Waals surface area (Å²) in [5, 5.41) is 5.07. The Labute approximate surface area is 200 Å². The third-order valence-electron chi connectivity index (χ3n) is 4.56. The third-order valence-corrected chi connectivity index (χ3v) is 6.66. The summed E-state index contributed by atoms with van der Waals surface area (Å²) < 4.78 is 33.6. The highest BCUT2D eigenvalue weighted by atomic mass is 31.2. The lowest BCUT2D eigenvalue weighted by Crippen LogP contribution is -2.35. The molecule has 1 aromatic rings. The Bertz CT molecular complexity index is 822. The molecule has 0 saturated heterocycles. The van der Waals surface area contributed by atoms with E-state index in [1.807, 2.05) is 30.3 Å². The van der Waals surface area contributed by atoms with E-state index in [-0.39, 0.29) is 26.0 Å². The molecule has 190 valence electrons. The fourth-order valence-corrected chi connectivity index (χ4v) is 4.85. The number of hydrogen-bond acceptors (Lipinski definition) is 8. The van der Waals surface area contributed by atoms with E-state index in [1.54, 1.807) is 13.8 Å². The molecule has 0 saturated carbocycles. The number of hydrogen-bond donors (Lipinski definition) is 2. The lowest BCUT2D eigenvalue weighted by Gasteiger charge is -2.20. The van der Waals surface area contributed by atoms with Crippen molar-refractivity contribution in [2.45, 2.75) is 45.8 Å². The fourth-order valence-electron chi connectivity index (χ4n) is 3.05. The zero-order chi connectivity index (χ0) is 25.2. The molecular formula is C23H35N2O8P. The molecule has 1 rings (SSSR count). The number of rotatable bonds is 17. The maximum absolute atomic E-state index is 13.0. The summed E-state index contributed by atoms with van der Waals surface area (Å²) >= 11 is 0. The highest BCUT2D eigenvalue weighted by molar-refractivity contribution is 7.54. The van der Waals surface area contributed by atoms with Crippen LogP contribution in [0.1, 0.15) is 38.7 Å². The number of methoxy groups -OCH3 is 1. The average Bonchev–Trinajstić information content (AvgIpc) is 2.82. The van der Waals surface area contributed by atoms with Crippen molar-refractivity contribution >= 4 is 26.1 Å². The molecule has 11 heteroatoms. The summed E-state index contributed by atoms with van der Waals surface area (Å²) in [4.78, 5) is 34.8. The number of nitrogens with one attached hydrogen (secondary N) is 2. The van der Waals surface area contributed by atoms with Gasteiger partial charge in [-0.3, -0.25) is 9.36 Å². The van der Waals surface area contributed by atoms with Gasteiger partial charge in [0, 0.05) is 6.54 Å². The number of amides is 2. The number of allylic oxidation sites excluding steroid dienone is 1. The zero-order valence-corrected chi connectivity index (χ0v) is 20.9. The molecule has 2 N–H and O–H groups in total. The first-order valence-electron chi connectivity index (χ1n) is 11.2. The van der Waals surface area contributed by atoms with Crippen LogP contribution in [0.4, 0.5) is 4.79 Å². The maximum atomic E-state index is 13.0. The van der Waals surface area contributed by atoms with Gasteiger partial charge in [-0.1, -0.05) is 42.0 Å². The van der Waals surface area contributed by atoms with E-state index in [4.69, 9.17) is 18.5 Å². The van der Waals surface area contributed by atoms with E-state index in [1.165, 1.54) is 13.2 Å². The average molecular weight is 499 g/mol. The van der Waals surface area contributed by atoms with Crippen LogP contribution in [0.5, 0.6) is 0 Å². The standard InChI is InChI=1S/C23H35N2O8P/c1-4-32-34(29,33-5-2)17-20(15-21(25-18-26)22(27)30-3)13-9-10-14-24-23(28)31-16-19-11-7-6-8-12-19/h6-8,11-12,15,18,21H,4-5,9-10,13-14,16-17H2,1-3H3,(H,24,28)(H,25,26). The van der Waals surface area contributed by atoms with Crippen molar-refractivity contribution in [3.8, 4) is 0 Å². The largest absolute Gasteiger partial charge is 0.467 e. The maximum Gasteiger partial charge on any atom is 0.407 e. The summed E-state index contributed by atoms with van der Waals surface area (Å²) in [6, 6.07) is 8.33. The van der Waals surface area contributed by atoms with E-state index in [0.29, 0.717) is 37.8 Å². The summed E-state index contributed by atoms with van der Waals surface area (Å²) in [6.45, 7) is 4.38. The van der Waals surface area contributed by atoms with Crippen molar-refractivity contribution in [1.82, 2.24) is 10.6 Å². The number of alkyl carbamates (subject to hydrolysis) is 1. The predicted octanol–water partition coefficient (Wildman–Crippen LogP) is 3.56. The van der Waals surface area contributed by atoms with Crippen molar-refractivity contribution in [3.63, 3.8) is 0 Å². The van der Waals surface area contributed by atoms with Crippen molar-refractivity contribution in [1.29, 1.82) is 0 Å². The normalized spacial score (nSPS) is 12.5. The van der Waals surface area contributed by atoms with Gasteiger partial charge in [0.2, 0.25) is 6.41 Å². The molecule has 10 nitrogen and oxygen atoms in total.